The maximum absolute atomic E-state index is 15.6. The Morgan fingerprint density at radius 3 is 2.60 bits per heavy atom. The van der Waals surface area contributed by atoms with Crippen molar-refractivity contribution in [2.45, 2.75) is 44.8 Å². The van der Waals surface area contributed by atoms with Gasteiger partial charge in [-0.05, 0) is 74.5 Å². The number of halogens is 2. The lowest BCUT2D eigenvalue weighted by atomic mass is 9.72. The highest BCUT2D eigenvalue weighted by Crippen LogP contribution is 2.44. The average molecular weight is 580 g/mol. The molecule has 3 aromatic carbocycles. The first kappa shape index (κ1) is 31.1. The molecule has 0 aromatic heterocycles. The van der Waals surface area contributed by atoms with Gasteiger partial charge in [0.15, 0.2) is 0 Å². The van der Waals surface area contributed by atoms with Gasteiger partial charge in [-0.15, -0.1) is 0 Å². The minimum atomic E-state index is -1.55. The topological polar surface area (TPSA) is 90.9 Å². The van der Waals surface area contributed by atoms with Gasteiger partial charge in [-0.3, -0.25) is 4.79 Å². The number of hydrogen-bond donors (Lipinski definition) is 3. The number of likely N-dealkylation sites (tertiary alicyclic amines) is 1. The van der Waals surface area contributed by atoms with Gasteiger partial charge in [0.25, 0.3) is 5.91 Å². The molecule has 9 heteroatoms. The summed E-state index contributed by atoms with van der Waals surface area (Å²) in [6, 6.07) is 16.7. The summed E-state index contributed by atoms with van der Waals surface area (Å²) in [7, 11) is 3.04. The number of ether oxygens (including phenoxy) is 1. The molecule has 3 N–H and O–H groups in total. The Morgan fingerprint density at radius 2 is 1.88 bits per heavy atom. The number of aryl methyl sites for hydroxylation is 1. The second-order valence-electron chi connectivity index (χ2n) is 10.9. The van der Waals surface area contributed by atoms with Gasteiger partial charge in [0.05, 0.1) is 18.3 Å². The molecule has 4 rings (SSSR count). The molecule has 1 heterocycles. The van der Waals surface area contributed by atoms with E-state index in [1.54, 1.807) is 30.1 Å². The Hall–Kier alpha value is -3.82. The predicted octanol–water partition coefficient (Wildman–Crippen LogP) is 5.54. The van der Waals surface area contributed by atoms with E-state index in [-0.39, 0.29) is 25.1 Å². The summed E-state index contributed by atoms with van der Waals surface area (Å²) in [6.45, 7) is 3.22. The van der Waals surface area contributed by atoms with Crippen molar-refractivity contribution in [2.75, 3.05) is 33.8 Å². The van der Waals surface area contributed by atoms with Crippen LogP contribution < -0.4 is 10.6 Å². The molecule has 0 aliphatic carbocycles. The van der Waals surface area contributed by atoms with Gasteiger partial charge in [-0.2, -0.15) is 0 Å². The van der Waals surface area contributed by atoms with E-state index in [2.05, 4.69) is 15.4 Å². The van der Waals surface area contributed by atoms with Crippen LogP contribution in [0, 0.1) is 24.5 Å². The first-order valence-electron chi connectivity index (χ1n) is 14.3. The number of hydrogen-bond acceptors (Lipinski definition) is 5. The average Bonchev–Trinajstić information content (AvgIpc) is 2.99. The third-order valence-corrected chi connectivity index (χ3v) is 8.00. The molecule has 42 heavy (non-hydrogen) atoms. The lowest BCUT2D eigenvalue weighted by Crippen LogP contribution is -2.48. The van der Waals surface area contributed by atoms with E-state index in [9.17, 15) is 19.1 Å². The molecule has 2 amide bonds. The molecule has 7 nitrogen and oxygen atoms in total. The number of nitrogens with one attached hydrogen (secondary N) is 2. The van der Waals surface area contributed by atoms with Crippen LogP contribution >= 0.6 is 0 Å². The number of carbonyl (C=O) groups excluding carboxylic acids is 2. The number of rotatable bonds is 10. The molecule has 1 aliphatic heterocycles. The first-order valence-corrected chi connectivity index (χ1v) is 14.3. The predicted molar refractivity (Wildman–Crippen MR) is 158 cm³/mol. The normalized spacial score (nSPS) is 16.5. The molecular formula is C33H39F2N3O4. The van der Waals surface area contributed by atoms with Gasteiger partial charge in [0.1, 0.15) is 11.6 Å². The van der Waals surface area contributed by atoms with Crippen LogP contribution in [0.15, 0.2) is 60.7 Å². The van der Waals surface area contributed by atoms with Crippen LogP contribution in [0.3, 0.4) is 0 Å². The molecule has 0 spiro atoms. The Morgan fingerprint density at radius 1 is 1.10 bits per heavy atom. The molecular weight excluding hydrogens is 540 g/mol. The number of piperidine rings is 1. The zero-order valence-corrected chi connectivity index (χ0v) is 24.4. The van der Waals surface area contributed by atoms with Crippen LogP contribution in [-0.4, -0.2) is 55.8 Å². The van der Waals surface area contributed by atoms with Gasteiger partial charge in [-0.25, -0.2) is 13.6 Å². The third kappa shape index (κ3) is 6.97. The van der Waals surface area contributed by atoms with E-state index in [0.717, 1.165) is 11.1 Å². The fourth-order valence-corrected chi connectivity index (χ4v) is 5.93. The van der Waals surface area contributed by atoms with Gasteiger partial charge >= 0.3 is 6.09 Å². The molecule has 3 aromatic rings. The Kier molecular flexibility index (Phi) is 10.3. The monoisotopic (exact) mass is 579 g/mol. The summed E-state index contributed by atoms with van der Waals surface area (Å²) in [5.41, 5.74) is 1.48. The lowest BCUT2D eigenvalue weighted by Gasteiger charge is -2.43. The van der Waals surface area contributed by atoms with E-state index in [0.29, 0.717) is 49.0 Å². The summed E-state index contributed by atoms with van der Waals surface area (Å²) in [5, 5.41) is 18.2. The molecule has 0 bridgehead atoms. The second-order valence-corrected chi connectivity index (χ2v) is 10.9. The van der Waals surface area contributed by atoms with Gasteiger partial charge < -0.3 is 25.4 Å². The van der Waals surface area contributed by atoms with Crippen molar-refractivity contribution >= 4 is 12.0 Å². The molecule has 1 saturated heterocycles. The molecule has 0 radical (unpaired) electrons. The van der Waals surface area contributed by atoms with Crippen molar-refractivity contribution in [3.05, 3.63) is 94.6 Å². The standard InChI is InChI=1S/C33H39F2N3O4/c1-22-8-4-9-24(18-22)30-27(11-5-12-28(30)34)33(41,15-7-16-37-32(40)42-3)25-10-6-17-38(21-25)31(39)26-14-13-23(20-36-2)19-29(26)35/h4-5,8-9,11-14,18-19,25,36,41H,6-7,10,15-17,20-21H2,1-3H3,(H,37,40)/t25-,33?/m1/s1. The fourth-order valence-electron chi connectivity index (χ4n) is 5.93. The van der Waals surface area contributed by atoms with Crippen molar-refractivity contribution < 1.29 is 28.2 Å². The smallest absolute Gasteiger partial charge is 0.406 e. The van der Waals surface area contributed by atoms with Crippen molar-refractivity contribution in [3.8, 4) is 11.1 Å². The van der Waals surface area contributed by atoms with E-state index in [4.69, 9.17) is 0 Å². The number of alkyl carbamates (subject to hydrolysis) is 1. The summed E-state index contributed by atoms with van der Waals surface area (Å²) < 4.78 is 35.2. The van der Waals surface area contributed by atoms with Gasteiger partial charge in [0, 0.05) is 37.7 Å². The number of amides is 2. The Labute approximate surface area is 245 Å². The minimum Gasteiger partial charge on any atom is -0.453 e. The second kappa shape index (κ2) is 13.9. The maximum Gasteiger partial charge on any atom is 0.406 e. The van der Waals surface area contributed by atoms with Crippen LogP contribution in [-0.2, 0) is 16.9 Å². The lowest BCUT2D eigenvalue weighted by molar-refractivity contribution is -0.0565. The van der Waals surface area contributed by atoms with E-state index in [1.165, 1.54) is 25.3 Å². The highest BCUT2D eigenvalue weighted by molar-refractivity contribution is 5.94. The maximum atomic E-state index is 15.6. The zero-order chi connectivity index (χ0) is 30.3. The number of benzene rings is 3. The molecule has 1 fully saturated rings. The highest BCUT2D eigenvalue weighted by Gasteiger charge is 2.43. The van der Waals surface area contributed by atoms with Crippen LogP contribution in [0.2, 0.25) is 0 Å². The summed E-state index contributed by atoms with van der Waals surface area (Å²) in [4.78, 5) is 26.7. The number of nitrogens with zero attached hydrogens (tertiary/aromatic N) is 1. The SMILES string of the molecule is CNCc1ccc(C(=O)N2CCC[C@@H](C(O)(CCCNC(=O)OC)c3cccc(F)c3-c3cccc(C)c3)C2)c(F)c1. The van der Waals surface area contributed by atoms with E-state index in [1.807, 2.05) is 31.2 Å². The number of methoxy groups -OCH3 is 1. The summed E-state index contributed by atoms with van der Waals surface area (Å²) in [6.07, 6.45) is 1.16. The van der Waals surface area contributed by atoms with Crippen LogP contribution in [0.4, 0.5) is 13.6 Å². The summed E-state index contributed by atoms with van der Waals surface area (Å²) >= 11 is 0. The molecule has 2 atom stereocenters. The largest absolute Gasteiger partial charge is 0.453 e. The van der Waals surface area contributed by atoms with E-state index < -0.39 is 35.2 Å². The Bertz CT molecular complexity index is 1420. The van der Waals surface area contributed by atoms with Crippen LogP contribution in [0.5, 0.6) is 0 Å². The van der Waals surface area contributed by atoms with Gasteiger partial charge in [-0.1, -0.05) is 48.0 Å². The zero-order valence-electron chi connectivity index (χ0n) is 24.4. The quantitative estimate of drug-likeness (QED) is 0.275. The fraction of sp³-hybridized carbons (Fsp3) is 0.394. The summed E-state index contributed by atoms with van der Waals surface area (Å²) in [5.74, 6) is -1.96. The van der Waals surface area contributed by atoms with Crippen molar-refractivity contribution in [1.82, 2.24) is 15.5 Å². The molecule has 224 valence electrons. The first-order chi connectivity index (χ1) is 20.2. The minimum absolute atomic E-state index is 0.0208. The number of carbonyl (C=O) groups is 2. The highest BCUT2D eigenvalue weighted by atomic mass is 19.1. The number of aliphatic hydroxyl groups is 1. The van der Waals surface area contributed by atoms with Crippen LogP contribution in [0.1, 0.15) is 52.7 Å². The van der Waals surface area contributed by atoms with Crippen molar-refractivity contribution in [2.24, 2.45) is 5.92 Å². The Balaban J connectivity index is 1.69. The van der Waals surface area contributed by atoms with E-state index >= 15 is 4.39 Å². The van der Waals surface area contributed by atoms with Crippen molar-refractivity contribution in [1.29, 1.82) is 0 Å². The van der Waals surface area contributed by atoms with Gasteiger partial charge in [0.2, 0.25) is 0 Å². The molecule has 1 unspecified atom stereocenters. The third-order valence-electron chi connectivity index (χ3n) is 8.00. The molecule has 0 saturated carbocycles. The molecule has 1 aliphatic rings. The van der Waals surface area contributed by atoms with Crippen molar-refractivity contribution in [3.63, 3.8) is 0 Å². The van der Waals surface area contributed by atoms with Crippen LogP contribution in [0.25, 0.3) is 11.1 Å².